The number of benzene rings is 2. The molecule has 16 heavy (non-hydrogen) atoms. The van der Waals surface area contributed by atoms with E-state index in [1.807, 2.05) is 24.3 Å². The van der Waals surface area contributed by atoms with Gasteiger partial charge in [0, 0.05) is 21.4 Å². The van der Waals surface area contributed by atoms with Crippen LogP contribution in [0.1, 0.15) is 0 Å². The third-order valence-corrected chi connectivity index (χ3v) is 2.61. The molecule has 0 fully saturated rings. The van der Waals surface area contributed by atoms with E-state index in [2.05, 4.69) is 0 Å². The van der Waals surface area contributed by atoms with Crippen molar-refractivity contribution in [1.29, 1.82) is 0 Å². The molecule has 82 valence electrons. The van der Waals surface area contributed by atoms with Crippen LogP contribution in [0, 0.1) is 0 Å². The van der Waals surface area contributed by atoms with Gasteiger partial charge in [-0.2, -0.15) is 0 Å². The fourth-order valence-electron chi connectivity index (χ4n) is 1.56. The maximum Gasteiger partial charge on any atom is 0.0432 e. The van der Waals surface area contributed by atoms with Gasteiger partial charge in [-0.3, -0.25) is 0 Å². The smallest absolute Gasteiger partial charge is 0.0432 e. The average Bonchev–Trinajstić information content (AvgIpc) is 2.14. The molecule has 2 rings (SSSR count). The number of rotatable bonds is 1. The maximum atomic E-state index is 5.94. The van der Waals surface area contributed by atoms with Crippen LogP contribution in [0.5, 0.6) is 0 Å². The standard InChI is InChI=1S/C12H10Cl2N2/c13-9-1-7(3-11(15)5-9)8-2-10(14)6-12(16)4-8/h1-6H,15-16H2. The Bertz CT molecular complexity index is 449. The van der Waals surface area contributed by atoms with Crippen molar-refractivity contribution in [2.75, 3.05) is 11.5 Å². The molecule has 0 bridgehead atoms. The Hall–Kier alpha value is -1.38. The number of hydrogen-bond donors (Lipinski definition) is 2. The van der Waals surface area contributed by atoms with Gasteiger partial charge in [-0.25, -0.2) is 0 Å². The maximum absolute atomic E-state index is 5.94. The summed E-state index contributed by atoms with van der Waals surface area (Å²) in [6.45, 7) is 0. The zero-order valence-electron chi connectivity index (χ0n) is 8.37. The van der Waals surface area contributed by atoms with E-state index in [9.17, 15) is 0 Å². The first-order valence-corrected chi connectivity index (χ1v) is 5.43. The molecule has 0 aromatic heterocycles. The van der Waals surface area contributed by atoms with Crippen LogP contribution < -0.4 is 11.5 Å². The Balaban J connectivity index is 2.57. The van der Waals surface area contributed by atoms with Crippen molar-refractivity contribution in [1.82, 2.24) is 0 Å². The fourth-order valence-corrected chi connectivity index (χ4v) is 2.05. The first kappa shape index (κ1) is 11.1. The van der Waals surface area contributed by atoms with Gasteiger partial charge in [0.05, 0.1) is 0 Å². The molecule has 0 radical (unpaired) electrons. The van der Waals surface area contributed by atoms with E-state index in [1.165, 1.54) is 0 Å². The molecule has 0 aliphatic rings. The van der Waals surface area contributed by atoms with Gasteiger partial charge in [0.25, 0.3) is 0 Å². The first-order valence-electron chi connectivity index (χ1n) is 4.67. The van der Waals surface area contributed by atoms with Crippen molar-refractivity contribution >= 4 is 34.6 Å². The summed E-state index contributed by atoms with van der Waals surface area (Å²) in [6.07, 6.45) is 0. The van der Waals surface area contributed by atoms with E-state index < -0.39 is 0 Å². The second kappa shape index (κ2) is 4.24. The van der Waals surface area contributed by atoms with E-state index in [1.54, 1.807) is 12.1 Å². The summed E-state index contributed by atoms with van der Waals surface area (Å²) < 4.78 is 0. The van der Waals surface area contributed by atoms with Crippen LogP contribution in [0.25, 0.3) is 11.1 Å². The van der Waals surface area contributed by atoms with Crippen LogP contribution >= 0.6 is 23.2 Å². The van der Waals surface area contributed by atoms with Crippen LogP contribution in [-0.4, -0.2) is 0 Å². The Kier molecular flexibility index (Phi) is 2.95. The van der Waals surface area contributed by atoms with E-state index in [-0.39, 0.29) is 0 Å². The quantitative estimate of drug-likeness (QED) is 0.759. The largest absolute Gasteiger partial charge is 0.399 e. The first-order chi connectivity index (χ1) is 7.54. The monoisotopic (exact) mass is 252 g/mol. The van der Waals surface area contributed by atoms with Gasteiger partial charge < -0.3 is 11.5 Å². The van der Waals surface area contributed by atoms with Crippen molar-refractivity contribution in [3.8, 4) is 11.1 Å². The van der Waals surface area contributed by atoms with Gasteiger partial charge >= 0.3 is 0 Å². The molecule has 0 heterocycles. The molecule has 0 aliphatic carbocycles. The third-order valence-electron chi connectivity index (χ3n) is 2.17. The summed E-state index contributed by atoms with van der Waals surface area (Å²) in [5, 5.41) is 1.18. The highest BCUT2D eigenvalue weighted by atomic mass is 35.5. The molecule has 0 atom stereocenters. The lowest BCUT2D eigenvalue weighted by atomic mass is 10.0. The summed E-state index contributed by atoms with van der Waals surface area (Å²) in [7, 11) is 0. The average molecular weight is 253 g/mol. The Morgan fingerprint density at radius 2 is 1.00 bits per heavy atom. The van der Waals surface area contributed by atoms with Crippen molar-refractivity contribution in [3.05, 3.63) is 46.4 Å². The lowest BCUT2D eigenvalue weighted by molar-refractivity contribution is 1.60. The molecule has 2 aromatic rings. The van der Waals surface area contributed by atoms with Crippen LogP contribution in [0.4, 0.5) is 11.4 Å². The van der Waals surface area contributed by atoms with E-state index in [0.29, 0.717) is 21.4 Å². The Morgan fingerprint density at radius 3 is 1.31 bits per heavy atom. The van der Waals surface area contributed by atoms with Crippen LogP contribution in [0.15, 0.2) is 36.4 Å². The summed E-state index contributed by atoms with van der Waals surface area (Å²) in [5.41, 5.74) is 14.5. The van der Waals surface area contributed by atoms with Crippen LogP contribution in [-0.2, 0) is 0 Å². The lowest BCUT2D eigenvalue weighted by Gasteiger charge is -2.06. The van der Waals surface area contributed by atoms with Crippen molar-refractivity contribution in [3.63, 3.8) is 0 Å². The summed E-state index contributed by atoms with van der Waals surface area (Å²) in [4.78, 5) is 0. The topological polar surface area (TPSA) is 52.0 Å². The predicted octanol–water partition coefficient (Wildman–Crippen LogP) is 3.82. The van der Waals surface area contributed by atoms with Gasteiger partial charge in [0.1, 0.15) is 0 Å². The molecule has 0 saturated heterocycles. The van der Waals surface area contributed by atoms with Crippen LogP contribution in [0.2, 0.25) is 10.0 Å². The molecule has 4 N–H and O–H groups in total. The minimum absolute atomic E-state index is 0.591. The van der Waals surface area contributed by atoms with E-state index in [0.717, 1.165) is 11.1 Å². The molecular formula is C12H10Cl2N2. The zero-order valence-corrected chi connectivity index (χ0v) is 9.89. The minimum Gasteiger partial charge on any atom is -0.399 e. The number of nitrogens with two attached hydrogens (primary N) is 2. The predicted molar refractivity (Wildman–Crippen MR) is 70.7 cm³/mol. The highest BCUT2D eigenvalue weighted by molar-refractivity contribution is 6.31. The van der Waals surface area contributed by atoms with Gasteiger partial charge in [0.15, 0.2) is 0 Å². The molecule has 2 aromatic carbocycles. The summed E-state index contributed by atoms with van der Waals surface area (Å²) in [5.74, 6) is 0. The minimum atomic E-state index is 0.591. The molecule has 0 saturated carbocycles. The molecule has 0 aliphatic heterocycles. The summed E-state index contributed by atoms with van der Waals surface area (Å²) in [6, 6.07) is 10.7. The SMILES string of the molecule is Nc1cc(Cl)cc(-c2cc(N)cc(Cl)c2)c1. The molecule has 0 amide bonds. The summed E-state index contributed by atoms with van der Waals surface area (Å²) >= 11 is 11.9. The fraction of sp³-hybridized carbons (Fsp3) is 0. The Morgan fingerprint density at radius 1 is 0.625 bits per heavy atom. The molecule has 0 unspecified atom stereocenters. The van der Waals surface area contributed by atoms with Gasteiger partial charge in [-0.05, 0) is 47.5 Å². The van der Waals surface area contributed by atoms with E-state index >= 15 is 0 Å². The highest BCUT2D eigenvalue weighted by Gasteiger charge is 2.03. The van der Waals surface area contributed by atoms with Crippen molar-refractivity contribution in [2.24, 2.45) is 0 Å². The van der Waals surface area contributed by atoms with E-state index in [4.69, 9.17) is 34.7 Å². The molecule has 4 heteroatoms. The molecule has 2 nitrogen and oxygen atoms in total. The molecule has 0 spiro atoms. The van der Waals surface area contributed by atoms with Crippen molar-refractivity contribution in [2.45, 2.75) is 0 Å². The van der Waals surface area contributed by atoms with Gasteiger partial charge in [-0.15, -0.1) is 0 Å². The second-order valence-corrected chi connectivity index (χ2v) is 4.42. The zero-order chi connectivity index (χ0) is 11.7. The van der Waals surface area contributed by atoms with Crippen molar-refractivity contribution < 1.29 is 0 Å². The number of halogens is 2. The Labute approximate surface area is 104 Å². The van der Waals surface area contributed by atoms with Crippen LogP contribution in [0.3, 0.4) is 0 Å². The second-order valence-electron chi connectivity index (χ2n) is 3.55. The van der Waals surface area contributed by atoms with Gasteiger partial charge in [-0.1, -0.05) is 23.2 Å². The number of hydrogen-bond acceptors (Lipinski definition) is 2. The highest BCUT2D eigenvalue weighted by Crippen LogP contribution is 2.29. The number of nitrogen functional groups attached to an aromatic ring is 2. The van der Waals surface area contributed by atoms with Gasteiger partial charge in [0.2, 0.25) is 0 Å². The number of anilines is 2. The molecular weight excluding hydrogens is 243 g/mol. The normalized spacial score (nSPS) is 10.4. The lowest BCUT2D eigenvalue weighted by Crippen LogP contribution is -1.89. The third kappa shape index (κ3) is 2.40.